The van der Waals surface area contributed by atoms with Crippen LogP contribution in [-0.2, 0) is 9.59 Å². The number of ether oxygens (including phenoxy) is 1. The molecule has 0 aromatic heterocycles. The van der Waals surface area contributed by atoms with E-state index in [9.17, 15) is 9.59 Å². The van der Waals surface area contributed by atoms with Gasteiger partial charge in [-0.15, -0.1) is 0 Å². The second kappa shape index (κ2) is 6.11. The van der Waals surface area contributed by atoms with E-state index in [1.165, 1.54) is 4.90 Å². The average Bonchev–Trinajstić information content (AvgIpc) is 2.88. The molecule has 1 heterocycles. The number of amides is 2. The standard InChI is InChI=1S/C20H19NO3/c22-19-15-10-4-5-11-16(15)20(23)21(19)17-12-6-7-13-18(17)24-14-8-2-1-3-9-14/h1-3,6-9,12-13,15-16H,4-5,10-11H2/t15-,16-/m0/s1. The van der Waals surface area contributed by atoms with Crippen molar-refractivity contribution in [1.29, 1.82) is 0 Å². The summed E-state index contributed by atoms with van der Waals surface area (Å²) in [5.74, 6) is 0.750. The first-order valence-electron chi connectivity index (χ1n) is 8.45. The van der Waals surface area contributed by atoms with Gasteiger partial charge in [0, 0.05) is 0 Å². The molecule has 4 nitrogen and oxygen atoms in total. The zero-order valence-electron chi connectivity index (χ0n) is 13.4. The van der Waals surface area contributed by atoms with E-state index in [-0.39, 0.29) is 23.7 Å². The second-order valence-corrected chi connectivity index (χ2v) is 6.39. The Morgan fingerprint density at radius 2 is 1.38 bits per heavy atom. The van der Waals surface area contributed by atoms with Gasteiger partial charge in [0.25, 0.3) is 0 Å². The van der Waals surface area contributed by atoms with Crippen molar-refractivity contribution < 1.29 is 14.3 Å². The van der Waals surface area contributed by atoms with Crippen LogP contribution in [0.15, 0.2) is 54.6 Å². The van der Waals surface area contributed by atoms with Crippen molar-refractivity contribution in [2.45, 2.75) is 25.7 Å². The van der Waals surface area contributed by atoms with Crippen LogP contribution in [0.5, 0.6) is 11.5 Å². The van der Waals surface area contributed by atoms with Crippen molar-refractivity contribution in [1.82, 2.24) is 0 Å². The largest absolute Gasteiger partial charge is 0.455 e. The highest BCUT2D eigenvalue weighted by atomic mass is 16.5. The Kier molecular flexibility index (Phi) is 3.81. The summed E-state index contributed by atoms with van der Waals surface area (Å²) in [7, 11) is 0. The van der Waals surface area contributed by atoms with Gasteiger partial charge in [0.2, 0.25) is 11.8 Å². The molecule has 0 unspecified atom stereocenters. The molecule has 0 N–H and O–H groups in total. The van der Waals surface area contributed by atoms with Crippen LogP contribution in [0.1, 0.15) is 25.7 Å². The second-order valence-electron chi connectivity index (χ2n) is 6.39. The molecule has 0 spiro atoms. The van der Waals surface area contributed by atoms with Crippen molar-refractivity contribution in [3.63, 3.8) is 0 Å². The average molecular weight is 321 g/mol. The predicted molar refractivity (Wildman–Crippen MR) is 90.9 cm³/mol. The molecule has 2 fully saturated rings. The SMILES string of the molecule is O=C1[C@H]2CCCC[C@@H]2C(=O)N1c1ccccc1Oc1ccccc1. The van der Waals surface area contributed by atoms with Gasteiger partial charge in [-0.3, -0.25) is 9.59 Å². The number of imide groups is 1. The van der Waals surface area contributed by atoms with E-state index in [1.807, 2.05) is 42.5 Å². The maximum atomic E-state index is 12.8. The van der Waals surface area contributed by atoms with Crippen LogP contribution in [0.3, 0.4) is 0 Å². The number of rotatable bonds is 3. The van der Waals surface area contributed by atoms with Gasteiger partial charge in [-0.05, 0) is 37.1 Å². The maximum Gasteiger partial charge on any atom is 0.237 e. The molecule has 2 aromatic rings. The predicted octanol–water partition coefficient (Wildman–Crippen LogP) is 4.16. The first kappa shape index (κ1) is 14.9. The van der Waals surface area contributed by atoms with Crippen molar-refractivity contribution in [2.75, 3.05) is 4.90 Å². The number of fused-ring (bicyclic) bond motifs is 1. The molecule has 1 saturated carbocycles. The molecule has 1 aliphatic heterocycles. The van der Waals surface area contributed by atoms with Crippen LogP contribution in [0, 0.1) is 11.8 Å². The summed E-state index contributed by atoms with van der Waals surface area (Å²) < 4.78 is 5.93. The summed E-state index contributed by atoms with van der Waals surface area (Å²) in [6, 6.07) is 16.6. The number of carbonyl (C=O) groups is 2. The molecule has 2 amide bonds. The van der Waals surface area contributed by atoms with Crippen LogP contribution >= 0.6 is 0 Å². The minimum atomic E-state index is -0.156. The summed E-state index contributed by atoms with van der Waals surface area (Å²) in [5, 5.41) is 0. The topological polar surface area (TPSA) is 46.6 Å². The fourth-order valence-electron chi connectivity index (χ4n) is 3.74. The van der Waals surface area contributed by atoms with Crippen LogP contribution < -0.4 is 9.64 Å². The Morgan fingerprint density at radius 1 is 0.792 bits per heavy atom. The third-order valence-electron chi connectivity index (χ3n) is 4.92. The molecule has 122 valence electrons. The fraction of sp³-hybridized carbons (Fsp3) is 0.300. The van der Waals surface area contributed by atoms with Crippen molar-refractivity contribution >= 4 is 17.5 Å². The molecule has 24 heavy (non-hydrogen) atoms. The zero-order valence-corrected chi connectivity index (χ0v) is 13.4. The molecule has 0 radical (unpaired) electrons. The molecular formula is C20H19NO3. The summed E-state index contributed by atoms with van der Waals surface area (Å²) in [5.41, 5.74) is 0.547. The van der Waals surface area contributed by atoms with Gasteiger partial charge in [0.05, 0.1) is 17.5 Å². The van der Waals surface area contributed by atoms with E-state index in [1.54, 1.807) is 12.1 Å². The van der Waals surface area contributed by atoms with E-state index >= 15 is 0 Å². The molecule has 4 rings (SSSR count). The first-order chi connectivity index (χ1) is 11.8. The van der Waals surface area contributed by atoms with E-state index in [4.69, 9.17) is 4.74 Å². The highest BCUT2D eigenvalue weighted by Gasteiger charge is 2.49. The van der Waals surface area contributed by atoms with Gasteiger partial charge in [-0.2, -0.15) is 0 Å². The van der Waals surface area contributed by atoms with Gasteiger partial charge in [-0.25, -0.2) is 4.90 Å². The van der Waals surface area contributed by atoms with Crippen molar-refractivity contribution in [3.8, 4) is 11.5 Å². The first-order valence-corrected chi connectivity index (χ1v) is 8.45. The number of carbonyl (C=O) groups excluding carboxylic acids is 2. The highest BCUT2D eigenvalue weighted by Crippen LogP contribution is 2.43. The van der Waals surface area contributed by atoms with E-state index in [0.29, 0.717) is 17.2 Å². The molecule has 1 saturated heterocycles. The minimum Gasteiger partial charge on any atom is -0.455 e. The fourth-order valence-corrected chi connectivity index (χ4v) is 3.74. The number of anilines is 1. The van der Waals surface area contributed by atoms with E-state index in [0.717, 1.165) is 25.7 Å². The Morgan fingerprint density at radius 3 is 2.04 bits per heavy atom. The summed E-state index contributed by atoms with van der Waals surface area (Å²) in [6.45, 7) is 0. The quantitative estimate of drug-likeness (QED) is 0.798. The molecule has 4 heteroatoms. The molecule has 0 bridgehead atoms. The van der Waals surface area contributed by atoms with Crippen LogP contribution in [0.2, 0.25) is 0 Å². The third-order valence-corrected chi connectivity index (χ3v) is 4.92. The minimum absolute atomic E-state index is 0.0752. The van der Waals surface area contributed by atoms with Gasteiger partial charge in [-0.1, -0.05) is 43.2 Å². The molecule has 2 aliphatic rings. The monoisotopic (exact) mass is 321 g/mol. The zero-order chi connectivity index (χ0) is 16.5. The van der Waals surface area contributed by atoms with Crippen molar-refractivity contribution in [3.05, 3.63) is 54.6 Å². The van der Waals surface area contributed by atoms with Gasteiger partial charge < -0.3 is 4.74 Å². The summed E-state index contributed by atoms with van der Waals surface area (Å²) in [6.07, 6.45) is 3.67. The lowest BCUT2D eigenvalue weighted by molar-refractivity contribution is -0.122. The summed E-state index contributed by atoms with van der Waals surface area (Å²) >= 11 is 0. The highest BCUT2D eigenvalue weighted by molar-refractivity contribution is 6.22. The number of benzene rings is 2. The van der Waals surface area contributed by atoms with E-state index < -0.39 is 0 Å². The Hall–Kier alpha value is -2.62. The molecule has 1 aliphatic carbocycles. The molecule has 2 atom stereocenters. The third kappa shape index (κ3) is 2.48. The van der Waals surface area contributed by atoms with Crippen LogP contribution in [0.25, 0.3) is 0 Å². The lowest BCUT2D eigenvalue weighted by Crippen LogP contribution is -2.31. The number of para-hydroxylation sites is 3. The lowest BCUT2D eigenvalue weighted by Gasteiger charge is -2.19. The smallest absolute Gasteiger partial charge is 0.237 e. The van der Waals surface area contributed by atoms with Gasteiger partial charge in [0.15, 0.2) is 5.75 Å². The normalized spacial score (nSPS) is 23.2. The van der Waals surface area contributed by atoms with Crippen molar-refractivity contribution in [2.24, 2.45) is 11.8 Å². The Bertz CT molecular complexity index is 747. The van der Waals surface area contributed by atoms with Crippen LogP contribution in [0.4, 0.5) is 5.69 Å². The van der Waals surface area contributed by atoms with Gasteiger partial charge in [0.1, 0.15) is 5.75 Å². The number of nitrogens with zero attached hydrogens (tertiary/aromatic N) is 1. The maximum absolute atomic E-state index is 12.8. The number of hydrogen-bond donors (Lipinski definition) is 0. The van der Waals surface area contributed by atoms with Gasteiger partial charge >= 0.3 is 0 Å². The lowest BCUT2D eigenvalue weighted by atomic mass is 9.81. The summed E-state index contributed by atoms with van der Waals surface area (Å²) in [4.78, 5) is 27.0. The van der Waals surface area contributed by atoms with Crippen LogP contribution in [-0.4, -0.2) is 11.8 Å². The Balaban J connectivity index is 1.69. The number of hydrogen-bond acceptors (Lipinski definition) is 3. The molecule has 2 aromatic carbocycles. The Labute approximate surface area is 141 Å². The van der Waals surface area contributed by atoms with E-state index in [2.05, 4.69) is 0 Å². The molecular weight excluding hydrogens is 302 g/mol.